The molecule has 1 amide bonds. The van der Waals surface area contributed by atoms with Crippen LogP contribution in [0.1, 0.15) is 15.9 Å². The molecule has 76 valence electrons. The van der Waals surface area contributed by atoms with Gasteiger partial charge < -0.3 is 4.90 Å². The minimum Gasteiger partial charge on any atom is -0.329 e. The number of hydrogen-bond donors (Lipinski definition) is 0. The maximum atomic E-state index is 11.9. The highest BCUT2D eigenvalue weighted by Gasteiger charge is 2.19. The Hall–Kier alpha value is -1.47. The Labute approximate surface area is 92.7 Å². The predicted molar refractivity (Wildman–Crippen MR) is 59.5 cm³/mol. The summed E-state index contributed by atoms with van der Waals surface area (Å²) in [6.07, 6.45) is 0. The first-order valence-electron chi connectivity index (χ1n) is 4.68. The summed E-state index contributed by atoms with van der Waals surface area (Å²) in [5.74, 6) is 1.85. The van der Waals surface area contributed by atoms with E-state index in [1.807, 2.05) is 11.0 Å². The molecule has 1 aliphatic rings. The Bertz CT molecular complexity index is 402. The number of rotatable bonds is 1. The van der Waals surface area contributed by atoms with Crippen LogP contribution in [0.15, 0.2) is 24.3 Å². The van der Waals surface area contributed by atoms with Crippen LogP contribution in [-0.2, 0) is 0 Å². The summed E-state index contributed by atoms with van der Waals surface area (Å²) in [5.41, 5.74) is 1.25. The normalized spacial score (nSPS) is 15.0. The summed E-state index contributed by atoms with van der Waals surface area (Å²) < 4.78 is 0. The molecule has 1 saturated heterocycles. The van der Waals surface area contributed by atoms with Gasteiger partial charge in [0.1, 0.15) is 0 Å². The molecule has 4 heteroatoms. The number of carbonyl (C=O) groups is 1. The van der Waals surface area contributed by atoms with Crippen LogP contribution in [0.2, 0.25) is 0 Å². The zero-order valence-electron chi connectivity index (χ0n) is 8.14. The van der Waals surface area contributed by atoms with Gasteiger partial charge in [0.2, 0.25) is 0 Å². The van der Waals surface area contributed by atoms with Crippen LogP contribution in [-0.4, -0.2) is 29.0 Å². The molecule has 2 rings (SSSR count). The molecule has 3 nitrogen and oxygen atoms in total. The molecule has 1 aliphatic heterocycles. The van der Waals surface area contributed by atoms with E-state index >= 15 is 0 Å². The highest BCUT2D eigenvalue weighted by atomic mass is 32.2. The third kappa shape index (κ3) is 2.13. The molecule has 1 aromatic carbocycles. The molecule has 1 fully saturated rings. The molecule has 0 unspecified atom stereocenters. The topological polar surface area (TPSA) is 44.1 Å². The fourth-order valence-corrected chi connectivity index (χ4v) is 2.39. The van der Waals surface area contributed by atoms with Crippen molar-refractivity contribution in [2.24, 2.45) is 0 Å². The zero-order valence-corrected chi connectivity index (χ0v) is 8.96. The number of nitriles is 1. The van der Waals surface area contributed by atoms with E-state index in [4.69, 9.17) is 5.26 Å². The van der Waals surface area contributed by atoms with Gasteiger partial charge in [0.05, 0.1) is 17.5 Å². The Morgan fingerprint density at radius 3 is 2.67 bits per heavy atom. The quantitative estimate of drug-likeness (QED) is 0.720. The van der Waals surface area contributed by atoms with Crippen LogP contribution in [0.5, 0.6) is 0 Å². The summed E-state index contributed by atoms with van der Waals surface area (Å²) in [6.45, 7) is 0.823. The highest BCUT2D eigenvalue weighted by molar-refractivity contribution is 7.99. The SMILES string of the molecule is N#Cc1ccc(C(=O)N2CCSC2)cc1. The van der Waals surface area contributed by atoms with Gasteiger partial charge >= 0.3 is 0 Å². The number of thioether (sulfide) groups is 1. The van der Waals surface area contributed by atoms with Gasteiger partial charge in [-0.05, 0) is 24.3 Å². The van der Waals surface area contributed by atoms with Crippen molar-refractivity contribution >= 4 is 17.7 Å². The molecular formula is C11H10N2OS. The standard InChI is InChI=1S/C11H10N2OS/c12-7-9-1-3-10(4-2-9)11(14)13-5-6-15-8-13/h1-4H,5-6,8H2. The van der Waals surface area contributed by atoms with Crippen LogP contribution in [0, 0.1) is 11.3 Å². The van der Waals surface area contributed by atoms with Crippen LogP contribution < -0.4 is 0 Å². The van der Waals surface area contributed by atoms with Gasteiger partial charge in [0.25, 0.3) is 5.91 Å². The van der Waals surface area contributed by atoms with Crippen LogP contribution in [0.25, 0.3) is 0 Å². The lowest BCUT2D eigenvalue weighted by Crippen LogP contribution is -2.27. The Balaban J connectivity index is 2.15. The molecule has 1 heterocycles. The molecule has 0 N–H and O–H groups in total. The second-order valence-electron chi connectivity index (χ2n) is 3.30. The number of carbonyl (C=O) groups excluding carboxylic acids is 1. The van der Waals surface area contributed by atoms with Crippen molar-refractivity contribution < 1.29 is 4.79 Å². The van der Waals surface area contributed by atoms with Gasteiger partial charge in [0.15, 0.2) is 0 Å². The van der Waals surface area contributed by atoms with Crippen LogP contribution in [0.4, 0.5) is 0 Å². The average Bonchev–Trinajstić information content (AvgIpc) is 2.82. The van der Waals surface area contributed by atoms with Gasteiger partial charge in [-0.15, -0.1) is 11.8 Å². The highest BCUT2D eigenvalue weighted by Crippen LogP contribution is 2.16. The Kier molecular flexibility index (Phi) is 2.93. The molecule has 0 aliphatic carbocycles. The average molecular weight is 218 g/mol. The maximum Gasteiger partial charge on any atom is 0.254 e. The van der Waals surface area contributed by atoms with E-state index in [2.05, 4.69) is 0 Å². The molecule has 1 aromatic rings. The molecule has 0 saturated carbocycles. The summed E-state index contributed by atoms with van der Waals surface area (Å²) in [5, 5.41) is 8.63. The lowest BCUT2D eigenvalue weighted by molar-refractivity contribution is 0.0803. The fourth-order valence-electron chi connectivity index (χ4n) is 1.44. The monoisotopic (exact) mass is 218 g/mol. The summed E-state index contributed by atoms with van der Waals surface area (Å²) >= 11 is 1.77. The van der Waals surface area contributed by atoms with Crippen molar-refractivity contribution in [3.05, 3.63) is 35.4 Å². The molecule has 0 bridgehead atoms. The Morgan fingerprint density at radius 2 is 2.13 bits per heavy atom. The van der Waals surface area contributed by atoms with Crippen molar-refractivity contribution in [1.82, 2.24) is 4.90 Å². The second-order valence-corrected chi connectivity index (χ2v) is 4.37. The number of hydrogen-bond acceptors (Lipinski definition) is 3. The second kappa shape index (κ2) is 4.37. The van der Waals surface area contributed by atoms with Crippen LogP contribution in [0.3, 0.4) is 0 Å². The number of benzene rings is 1. The first kappa shape index (κ1) is 10.1. The van der Waals surface area contributed by atoms with Gasteiger partial charge in [-0.25, -0.2) is 0 Å². The van der Waals surface area contributed by atoms with Gasteiger partial charge in [0, 0.05) is 17.9 Å². The number of amides is 1. The molecule has 0 radical (unpaired) electrons. The molecule has 0 atom stereocenters. The minimum atomic E-state index is 0.0597. The lowest BCUT2D eigenvalue weighted by atomic mass is 10.1. The van der Waals surface area contributed by atoms with Crippen molar-refractivity contribution in [3.63, 3.8) is 0 Å². The summed E-state index contributed by atoms with van der Waals surface area (Å²) in [7, 11) is 0. The van der Waals surface area contributed by atoms with E-state index < -0.39 is 0 Å². The molecule has 0 aromatic heterocycles. The fraction of sp³-hybridized carbons (Fsp3) is 0.273. The van der Waals surface area contributed by atoms with E-state index in [0.29, 0.717) is 11.1 Å². The first-order chi connectivity index (χ1) is 7.31. The van der Waals surface area contributed by atoms with E-state index in [-0.39, 0.29) is 5.91 Å². The Morgan fingerprint density at radius 1 is 1.40 bits per heavy atom. The number of nitrogens with zero attached hydrogens (tertiary/aromatic N) is 2. The van der Waals surface area contributed by atoms with E-state index in [0.717, 1.165) is 18.2 Å². The molecule has 0 spiro atoms. The van der Waals surface area contributed by atoms with Crippen molar-refractivity contribution in [3.8, 4) is 6.07 Å². The molecular weight excluding hydrogens is 208 g/mol. The van der Waals surface area contributed by atoms with E-state index in [1.165, 1.54) is 0 Å². The largest absolute Gasteiger partial charge is 0.329 e. The summed E-state index contributed by atoms with van der Waals surface area (Å²) in [4.78, 5) is 13.7. The zero-order chi connectivity index (χ0) is 10.7. The molecule has 15 heavy (non-hydrogen) atoms. The van der Waals surface area contributed by atoms with Crippen molar-refractivity contribution in [2.75, 3.05) is 18.2 Å². The van der Waals surface area contributed by atoms with Gasteiger partial charge in [-0.1, -0.05) is 0 Å². The van der Waals surface area contributed by atoms with Crippen molar-refractivity contribution in [2.45, 2.75) is 0 Å². The van der Waals surface area contributed by atoms with Crippen molar-refractivity contribution in [1.29, 1.82) is 5.26 Å². The van der Waals surface area contributed by atoms with Gasteiger partial charge in [-0.3, -0.25) is 4.79 Å². The summed E-state index contributed by atoms with van der Waals surface area (Å²) in [6, 6.07) is 8.81. The third-order valence-corrected chi connectivity index (χ3v) is 3.27. The maximum absolute atomic E-state index is 11.9. The smallest absolute Gasteiger partial charge is 0.254 e. The minimum absolute atomic E-state index is 0.0597. The first-order valence-corrected chi connectivity index (χ1v) is 5.84. The predicted octanol–water partition coefficient (Wildman–Crippen LogP) is 1.70. The van der Waals surface area contributed by atoms with Gasteiger partial charge in [-0.2, -0.15) is 5.26 Å². The van der Waals surface area contributed by atoms with E-state index in [9.17, 15) is 4.79 Å². The third-order valence-electron chi connectivity index (χ3n) is 2.30. The van der Waals surface area contributed by atoms with Crippen LogP contribution >= 0.6 is 11.8 Å². The van der Waals surface area contributed by atoms with E-state index in [1.54, 1.807) is 36.0 Å². The lowest BCUT2D eigenvalue weighted by Gasteiger charge is -2.13.